The van der Waals surface area contributed by atoms with Crippen molar-refractivity contribution in [2.24, 2.45) is 11.7 Å². The van der Waals surface area contributed by atoms with Gasteiger partial charge in [-0.3, -0.25) is 4.79 Å². The van der Waals surface area contributed by atoms with Gasteiger partial charge in [0.05, 0.1) is 0 Å². The number of nitrogens with one attached hydrogen (secondary N) is 1. The third kappa shape index (κ3) is 9.50. The number of amides is 2. The van der Waals surface area contributed by atoms with Crippen LogP contribution in [0.15, 0.2) is 0 Å². The van der Waals surface area contributed by atoms with E-state index in [4.69, 9.17) is 45.3 Å². The third-order valence-corrected chi connectivity index (χ3v) is 3.00. The summed E-state index contributed by atoms with van der Waals surface area (Å²) in [6.07, 6.45) is -0.0413. The summed E-state index contributed by atoms with van der Waals surface area (Å²) in [7, 11) is 0. The zero-order chi connectivity index (χ0) is 16.1. The summed E-state index contributed by atoms with van der Waals surface area (Å²) in [5.74, 6) is -0.941. The Morgan fingerprint density at radius 3 is 2.10 bits per heavy atom. The minimum atomic E-state index is -1.40. The van der Waals surface area contributed by atoms with Crippen molar-refractivity contribution in [1.29, 1.82) is 0 Å². The molecule has 0 aromatic carbocycles. The number of alkyl carbamates (subject to hydrolysis) is 1. The summed E-state index contributed by atoms with van der Waals surface area (Å²) in [5, 5.41) is 2.44. The van der Waals surface area contributed by atoms with Crippen molar-refractivity contribution in [3.8, 4) is 0 Å². The fourth-order valence-corrected chi connectivity index (χ4v) is 1.81. The van der Waals surface area contributed by atoms with E-state index in [1.165, 1.54) is 0 Å². The van der Waals surface area contributed by atoms with Crippen molar-refractivity contribution in [1.82, 2.24) is 5.32 Å². The van der Waals surface area contributed by atoms with Crippen molar-refractivity contribution < 1.29 is 14.3 Å². The van der Waals surface area contributed by atoms with E-state index in [2.05, 4.69) is 5.32 Å². The van der Waals surface area contributed by atoms with Crippen LogP contribution in [0.5, 0.6) is 0 Å². The van der Waals surface area contributed by atoms with Crippen LogP contribution in [-0.2, 0) is 9.53 Å². The van der Waals surface area contributed by atoms with Crippen LogP contribution in [-0.4, -0.2) is 27.4 Å². The Kier molecular flexibility index (Phi) is 7.42. The van der Waals surface area contributed by atoms with Gasteiger partial charge in [0.2, 0.25) is 5.91 Å². The molecule has 5 nitrogen and oxygen atoms in total. The van der Waals surface area contributed by atoms with Gasteiger partial charge in [-0.25, -0.2) is 4.79 Å². The van der Waals surface area contributed by atoms with Crippen LogP contribution in [0, 0.1) is 5.92 Å². The van der Waals surface area contributed by atoms with E-state index in [0.717, 1.165) is 0 Å². The Morgan fingerprint density at radius 1 is 1.25 bits per heavy atom. The molecule has 2 unspecified atom stereocenters. The number of ether oxygens (including phenoxy) is 1. The van der Waals surface area contributed by atoms with Gasteiger partial charge in [0, 0.05) is 0 Å². The topological polar surface area (TPSA) is 81.4 Å². The molecule has 0 bridgehead atoms. The quantitative estimate of drug-likeness (QED) is 0.750. The summed E-state index contributed by atoms with van der Waals surface area (Å²) in [6.45, 7) is 6.90. The summed E-state index contributed by atoms with van der Waals surface area (Å²) in [5.41, 5.74) is 4.62. The van der Waals surface area contributed by atoms with Crippen LogP contribution < -0.4 is 11.1 Å². The van der Waals surface area contributed by atoms with Gasteiger partial charge in [-0.15, -0.1) is 0 Å². The summed E-state index contributed by atoms with van der Waals surface area (Å²) in [6, 6.07) is -0.878. The molecule has 0 rings (SSSR count). The molecule has 20 heavy (non-hydrogen) atoms. The molecule has 8 heteroatoms. The maximum Gasteiger partial charge on any atom is 0.408 e. The van der Waals surface area contributed by atoms with Gasteiger partial charge < -0.3 is 15.8 Å². The lowest BCUT2D eigenvalue weighted by Crippen LogP contribution is -2.49. The largest absolute Gasteiger partial charge is 0.444 e. The third-order valence-electron chi connectivity index (χ3n) is 2.43. The molecule has 118 valence electrons. The molecule has 0 aromatic heterocycles. The molecule has 0 fully saturated rings. The lowest BCUT2D eigenvalue weighted by molar-refractivity contribution is -0.121. The number of carbonyl (C=O) groups is 2. The zero-order valence-electron chi connectivity index (χ0n) is 12.0. The Bertz CT molecular complexity index is 351. The first-order chi connectivity index (χ1) is 8.82. The Balaban J connectivity index is 4.57. The van der Waals surface area contributed by atoms with Crippen LogP contribution in [0.4, 0.5) is 4.79 Å². The Hall–Kier alpha value is -0.390. The molecule has 3 N–H and O–H groups in total. The minimum Gasteiger partial charge on any atom is -0.444 e. The lowest BCUT2D eigenvalue weighted by Gasteiger charge is -2.26. The molecule has 0 spiro atoms. The maximum absolute atomic E-state index is 11.7. The van der Waals surface area contributed by atoms with Gasteiger partial charge in [-0.05, 0) is 39.5 Å². The molecule has 0 aliphatic rings. The molecule has 0 aromatic rings. The highest BCUT2D eigenvalue weighted by atomic mass is 35.6. The number of hydrogen-bond donors (Lipinski definition) is 2. The molecule has 2 amide bonds. The Morgan fingerprint density at radius 2 is 1.75 bits per heavy atom. The molecule has 0 saturated heterocycles. The van der Waals surface area contributed by atoms with Crippen LogP contribution in [0.3, 0.4) is 0 Å². The standard InChI is InChI=1S/C12H21Cl3N2O3/c1-7(5-6-12(13,14)15)8(9(16)18)17-10(19)20-11(2,3)4/h7-8H,5-6H2,1-4H3,(H2,16,18)(H,17,19). The lowest BCUT2D eigenvalue weighted by atomic mass is 9.96. The van der Waals surface area contributed by atoms with E-state index in [-0.39, 0.29) is 12.3 Å². The fraction of sp³-hybridized carbons (Fsp3) is 0.833. The van der Waals surface area contributed by atoms with Crippen molar-refractivity contribution in [2.75, 3.05) is 0 Å². The molecule has 2 atom stereocenters. The van der Waals surface area contributed by atoms with E-state index in [1.807, 2.05) is 0 Å². The normalized spacial score (nSPS) is 15.3. The first-order valence-electron chi connectivity index (χ1n) is 6.17. The van der Waals surface area contributed by atoms with Crippen molar-refractivity contribution in [3.63, 3.8) is 0 Å². The number of nitrogens with two attached hydrogens (primary N) is 1. The molecular formula is C12H21Cl3N2O3. The number of carbonyl (C=O) groups excluding carboxylic acids is 2. The summed E-state index contributed by atoms with van der Waals surface area (Å²) >= 11 is 17.0. The number of primary amides is 1. The van der Waals surface area contributed by atoms with Crippen LogP contribution in [0.25, 0.3) is 0 Å². The average molecular weight is 348 g/mol. The number of alkyl halides is 3. The van der Waals surface area contributed by atoms with E-state index >= 15 is 0 Å². The van der Waals surface area contributed by atoms with Gasteiger partial charge in [-0.2, -0.15) is 0 Å². The molecular weight excluding hydrogens is 327 g/mol. The summed E-state index contributed by atoms with van der Waals surface area (Å²) < 4.78 is 3.68. The first kappa shape index (κ1) is 19.6. The first-order valence-corrected chi connectivity index (χ1v) is 7.31. The second-order valence-corrected chi connectivity index (χ2v) is 8.17. The summed E-state index contributed by atoms with van der Waals surface area (Å²) in [4.78, 5) is 23.1. The van der Waals surface area contributed by atoms with Crippen LogP contribution in [0.1, 0.15) is 40.5 Å². The van der Waals surface area contributed by atoms with E-state index in [9.17, 15) is 9.59 Å². The molecule has 0 aliphatic carbocycles. The molecule has 0 aliphatic heterocycles. The van der Waals surface area contributed by atoms with E-state index in [1.54, 1.807) is 27.7 Å². The molecule has 0 radical (unpaired) electrons. The molecule has 0 heterocycles. The van der Waals surface area contributed by atoms with E-state index in [0.29, 0.717) is 6.42 Å². The number of halogens is 3. The van der Waals surface area contributed by atoms with Crippen molar-refractivity contribution >= 4 is 46.8 Å². The number of hydrogen-bond acceptors (Lipinski definition) is 3. The number of rotatable bonds is 5. The average Bonchev–Trinajstić information content (AvgIpc) is 2.18. The smallest absolute Gasteiger partial charge is 0.408 e. The predicted molar refractivity (Wildman–Crippen MR) is 81.0 cm³/mol. The van der Waals surface area contributed by atoms with Crippen LogP contribution >= 0.6 is 34.8 Å². The minimum absolute atomic E-state index is 0.249. The van der Waals surface area contributed by atoms with Crippen molar-refractivity contribution in [3.05, 3.63) is 0 Å². The van der Waals surface area contributed by atoms with Gasteiger partial charge in [0.25, 0.3) is 0 Å². The maximum atomic E-state index is 11.7. The fourth-order valence-electron chi connectivity index (χ4n) is 1.49. The molecule has 0 saturated carbocycles. The monoisotopic (exact) mass is 346 g/mol. The second-order valence-electron chi connectivity index (χ2n) is 5.66. The van der Waals surface area contributed by atoms with Crippen LogP contribution in [0.2, 0.25) is 0 Å². The predicted octanol–water partition coefficient (Wildman–Crippen LogP) is 3.15. The van der Waals surface area contributed by atoms with E-state index < -0.39 is 27.4 Å². The van der Waals surface area contributed by atoms with Gasteiger partial charge in [0.1, 0.15) is 11.6 Å². The highest BCUT2D eigenvalue weighted by molar-refractivity contribution is 6.67. The second kappa shape index (κ2) is 7.57. The van der Waals surface area contributed by atoms with Gasteiger partial charge in [-0.1, -0.05) is 41.7 Å². The Labute approximate surface area is 134 Å². The van der Waals surface area contributed by atoms with Crippen molar-refractivity contribution in [2.45, 2.75) is 56.0 Å². The highest BCUT2D eigenvalue weighted by Gasteiger charge is 2.29. The van der Waals surface area contributed by atoms with Gasteiger partial charge >= 0.3 is 6.09 Å². The zero-order valence-corrected chi connectivity index (χ0v) is 14.3. The SMILES string of the molecule is CC(CCC(Cl)(Cl)Cl)C(NC(=O)OC(C)(C)C)C(N)=O. The highest BCUT2D eigenvalue weighted by Crippen LogP contribution is 2.33. The van der Waals surface area contributed by atoms with Gasteiger partial charge in [0.15, 0.2) is 3.79 Å².